The number of carbonyl (C=O) groups excluding carboxylic acids is 1. The van der Waals surface area contributed by atoms with Crippen molar-refractivity contribution in [3.8, 4) is 0 Å². The van der Waals surface area contributed by atoms with E-state index in [9.17, 15) is 4.79 Å². The molecule has 4 saturated carbocycles. The van der Waals surface area contributed by atoms with Crippen LogP contribution < -0.4 is 10.6 Å². The van der Waals surface area contributed by atoms with E-state index < -0.39 is 0 Å². The lowest BCUT2D eigenvalue weighted by atomic mass is 9.54. The summed E-state index contributed by atoms with van der Waals surface area (Å²) in [6, 6.07) is 9.25. The third-order valence-electron chi connectivity index (χ3n) is 8.09. The minimum atomic E-state index is -0.0580. The van der Waals surface area contributed by atoms with Crippen LogP contribution in [-0.4, -0.2) is 41.5 Å². The van der Waals surface area contributed by atoms with E-state index in [2.05, 4.69) is 27.7 Å². The van der Waals surface area contributed by atoms with E-state index in [0.717, 1.165) is 48.2 Å². The van der Waals surface area contributed by atoms with E-state index in [0.29, 0.717) is 12.1 Å². The number of nitrogens with zero attached hydrogens (tertiary/aromatic N) is 1. The summed E-state index contributed by atoms with van der Waals surface area (Å²) in [5, 5.41) is 8.00. The number of hydrogen-bond donors (Lipinski definition) is 2. The van der Waals surface area contributed by atoms with Crippen LogP contribution in [-0.2, 0) is 11.3 Å². The summed E-state index contributed by atoms with van der Waals surface area (Å²) in [5.74, 6) is 3.91. The van der Waals surface area contributed by atoms with Crippen LogP contribution in [0.15, 0.2) is 24.3 Å². The fourth-order valence-electron chi connectivity index (χ4n) is 7.15. The van der Waals surface area contributed by atoms with Gasteiger partial charge in [-0.3, -0.25) is 9.69 Å². The first-order chi connectivity index (χ1) is 14.4. The molecule has 4 nitrogen and oxygen atoms in total. The Morgan fingerprint density at radius 2 is 1.67 bits per heavy atom. The van der Waals surface area contributed by atoms with Crippen LogP contribution in [0.1, 0.15) is 57.9 Å². The van der Waals surface area contributed by atoms with Gasteiger partial charge in [0, 0.05) is 36.2 Å². The lowest BCUT2D eigenvalue weighted by Crippen LogP contribution is -2.57. The second-order valence-corrected chi connectivity index (χ2v) is 11.2. The summed E-state index contributed by atoms with van der Waals surface area (Å²) in [4.78, 5) is 15.4. The highest BCUT2D eigenvalue weighted by Gasteiger charge is 2.49. The molecule has 0 unspecified atom stereocenters. The largest absolute Gasteiger partial charge is 0.353 e. The van der Waals surface area contributed by atoms with Crippen LogP contribution in [0.4, 0.5) is 0 Å². The van der Waals surface area contributed by atoms with E-state index in [1.54, 1.807) is 0 Å². The van der Waals surface area contributed by atoms with Gasteiger partial charge >= 0.3 is 0 Å². The first kappa shape index (κ1) is 20.8. The lowest BCUT2D eigenvalue weighted by molar-refractivity contribution is -0.126. The van der Waals surface area contributed by atoms with Gasteiger partial charge in [-0.25, -0.2) is 0 Å². The number of carbonyl (C=O) groups is 1. The second-order valence-electron chi connectivity index (χ2n) is 10.8. The zero-order valence-corrected chi connectivity index (χ0v) is 19.1. The SMILES string of the molecule is CC(C)NC(=O)[C@@H]1C[C@@H](NC2C3CC4CC(C3)CC2C4)CN1Cc1ccc(Cl)cc1. The summed E-state index contributed by atoms with van der Waals surface area (Å²) in [7, 11) is 0. The number of hydrogen-bond acceptors (Lipinski definition) is 3. The number of rotatable bonds is 6. The zero-order valence-electron chi connectivity index (χ0n) is 18.3. The predicted molar refractivity (Wildman–Crippen MR) is 121 cm³/mol. The first-order valence-corrected chi connectivity index (χ1v) is 12.4. The molecule has 0 aromatic heterocycles. The summed E-state index contributed by atoms with van der Waals surface area (Å²) in [5.41, 5.74) is 1.22. The molecule has 5 aliphatic rings. The Kier molecular flexibility index (Phi) is 5.85. The maximum atomic E-state index is 13.0. The van der Waals surface area contributed by atoms with Crippen molar-refractivity contribution >= 4 is 17.5 Å². The Balaban J connectivity index is 1.28. The Morgan fingerprint density at radius 1 is 1.03 bits per heavy atom. The van der Waals surface area contributed by atoms with Crippen LogP contribution >= 0.6 is 11.6 Å². The molecule has 0 radical (unpaired) electrons. The Labute approximate surface area is 186 Å². The topological polar surface area (TPSA) is 44.4 Å². The highest BCUT2D eigenvalue weighted by Crippen LogP contribution is 2.53. The molecule has 1 amide bonds. The number of halogens is 1. The molecule has 6 rings (SSSR count). The van der Waals surface area contributed by atoms with Crippen molar-refractivity contribution in [2.24, 2.45) is 23.7 Å². The molecule has 0 spiro atoms. The fourth-order valence-corrected chi connectivity index (χ4v) is 7.27. The molecule has 1 aromatic rings. The summed E-state index contributed by atoms with van der Waals surface area (Å²) < 4.78 is 0. The molecule has 30 heavy (non-hydrogen) atoms. The molecule has 4 bridgehead atoms. The monoisotopic (exact) mass is 429 g/mol. The molecule has 2 N–H and O–H groups in total. The van der Waals surface area contributed by atoms with Gasteiger partial charge in [0.05, 0.1) is 6.04 Å². The Hall–Kier alpha value is -1.10. The quantitative estimate of drug-likeness (QED) is 0.711. The van der Waals surface area contributed by atoms with Crippen molar-refractivity contribution in [1.82, 2.24) is 15.5 Å². The minimum absolute atomic E-state index is 0.0580. The molecular formula is C25H36ClN3O. The van der Waals surface area contributed by atoms with Crippen molar-refractivity contribution in [3.63, 3.8) is 0 Å². The molecule has 4 aliphatic carbocycles. The molecule has 1 heterocycles. The molecule has 5 heteroatoms. The maximum Gasteiger partial charge on any atom is 0.237 e. The number of amides is 1. The van der Waals surface area contributed by atoms with Gasteiger partial charge in [-0.1, -0.05) is 23.7 Å². The summed E-state index contributed by atoms with van der Waals surface area (Å²) in [6.45, 7) is 5.83. The van der Waals surface area contributed by atoms with Crippen LogP contribution in [0.25, 0.3) is 0 Å². The standard InChI is InChI=1S/C25H36ClN3O/c1-15(2)27-25(30)23-12-22(14-29(23)13-16-3-5-21(26)6-4-16)28-24-19-8-17-7-18(10-19)11-20(24)9-17/h3-6,15,17-20,22-24,28H,7-14H2,1-2H3,(H,27,30)/t17?,18?,19?,20?,22-,23+,24?/m1/s1. The van der Waals surface area contributed by atoms with Gasteiger partial charge in [0.2, 0.25) is 5.91 Å². The highest BCUT2D eigenvalue weighted by atomic mass is 35.5. The minimum Gasteiger partial charge on any atom is -0.353 e. The maximum absolute atomic E-state index is 13.0. The number of likely N-dealkylation sites (tertiary alicyclic amines) is 1. The second kappa shape index (κ2) is 8.44. The van der Waals surface area contributed by atoms with Gasteiger partial charge in [0.25, 0.3) is 0 Å². The molecular weight excluding hydrogens is 394 g/mol. The summed E-state index contributed by atoms with van der Waals surface area (Å²) >= 11 is 6.07. The third-order valence-corrected chi connectivity index (χ3v) is 8.34. The first-order valence-electron chi connectivity index (χ1n) is 12.0. The Morgan fingerprint density at radius 3 is 2.27 bits per heavy atom. The van der Waals surface area contributed by atoms with E-state index in [1.807, 2.05) is 26.0 Å². The highest BCUT2D eigenvalue weighted by molar-refractivity contribution is 6.30. The van der Waals surface area contributed by atoms with E-state index in [-0.39, 0.29) is 18.0 Å². The average Bonchev–Trinajstić information content (AvgIpc) is 3.08. The van der Waals surface area contributed by atoms with Crippen LogP contribution in [0.2, 0.25) is 5.02 Å². The molecule has 1 aromatic carbocycles. The normalized spacial score (nSPS) is 37.8. The van der Waals surface area contributed by atoms with E-state index in [4.69, 9.17) is 11.6 Å². The molecule has 2 atom stereocenters. The van der Waals surface area contributed by atoms with Gasteiger partial charge in [-0.15, -0.1) is 0 Å². The van der Waals surface area contributed by atoms with Crippen molar-refractivity contribution in [3.05, 3.63) is 34.9 Å². The van der Waals surface area contributed by atoms with Crippen molar-refractivity contribution in [2.45, 2.75) is 83.1 Å². The molecule has 164 valence electrons. The molecule has 1 saturated heterocycles. The van der Waals surface area contributed by atoms with E-state index in [1.165, 1.54) is 37.7 Å². The average molecular weight is 430 g/mol. The van der Waals surface area contributed by atoms with Crippen molar-refractivity contribution < 1.29 is 4.79 Å². The van der Waals surface area contributed by atoms with Crippen LogP contribution in [0, 0.1) is 23.7 Å². The smallest absolute Gasteiger partial charge is 0.237 e. The van der Waals surface area contributed by atoms with Gasteiger partial charge in [-0.05, 0) is 93.7 Å². The van der Waals surface area contributed by atoms with Crippen LogP contribution in [0.3, 0.4) is 0 Å². The zero-order chi connectivity index (χ0) is 20.8. The summed E-state index contributed by atoms with van der Waals surface area (Å²) in [6.07, 6.45) is 8.14. The van der Waals surface area contributed by atoms with Gasteiger partial charge in [-0.2, -0.15) is 0 Å². The number of nitrogens with one attached hydrogen (secondary N) is 2. The van der Waals surface area contributed by atoms with Gasteiger partial charge < -0.3 is 10.6 Å². The van der Waals surface area contributed by atoms with Crippen LogP contribution in [0.5, 0.6) is 0 Å². The predicted octanol–water partition coefficient (Wildman–Crippen LogP) is 4.22. The van der Waals surface area contributed by atoms with Crippen molar-refractivity contribution in [2.75, 3.05) is 6.54 Å². The van der Waals surface area contributed by atoms with Crippen molar-refractivity contribution in [1.29, 1.82) is 0 Å². The lowest BCUT2D eigenvalue weighted by Gasteiger charge is -2.55. The molecule has 1 aliphatic heterocycles. The Bertz CT molecular complexity index is 736. The number of benzene rings is 1. The fraction of sp³-hybridized carbons (Fsp3) is 0.720. The van der Waals surface area contributed by atoms with Gasteiger partial charge in [0.1, 0.15) is 0 Å². The molecule has 5 fully saturated rings. The third kappa shape index (κ3) is 4.28. The van der Waals surface area contributed by atoms with Gasteiger partial charge in [0.15, 0.2) is 0 Å². The van der Waals surface area contributed by atoms with E-state index >= 15 is 0 Å².